The first-order valence-corrected chi connectivity index (χ1v) is 5.64. The fourth-order valence-corrected chi connectivity index (χ4v) is 1.63. The van der Waals surface area contributed by atoms with Gasteiger partial charge in [0.15, 0.2) is 0 Å². The normalized spacial score (nSPS) is 10.5. The highest BCUT2D eigenvalue weighted by molar-refractivity contribution is 5.41. The van der Waals surface area contributed by atoms with E-state index in [4.69, 9.17) is 0 Å². The number of aryl methyl sites for hydroxylation is 2. The minimum Gasteiger partial charge on any atom is -0.380 e. The molecule has 0 saturated heterocycles. The number of rotatable bonds is 4. The summed E-state index contributed by atoms with van der Waals surface area (Å²) >= 11 is 0. The van der Waals surface area contributed by atoms with Gasteiger partial charge in [0.25, 0.3) is 5.56 Å². The van der Waals surface area contributed by atoms with Crippen molar-refractivity contribution in [2.24, 2.45) is 0 Å². The molecule has 2 N–H and O–H groups in total. The van der Waals surface area contributed by atoms with Gasteiger partial charge >= 0.3 is 0 Å². The molecule has 0 spiro atoms. The van der Waals surface area contributed by atoms with Crippen LogP contribution in [-0.4, -0.2) is 14.8 Å². The smallest absolute Gasteiger partial charge is 0.250 e. The second-order valence-electron chi connectivity index (χ2n) is 3.92. The van der Waals surface area contributed by atoms with Gasteiger partial charge in [0.1, 0.15) is 0 Å². The predicted octanol–water partition coefficient (Wildman–Crippen LogP) is 1.51. The molecule has 5 heteroatoms. The molecule has 0 unspecified atom stereocenters. The molecule has 0 aromatic carbocycles. The Balaban J connectivity index is 2.09. The number of hydrogen-bond donors (Lipinski definition) is 2. The molecule has 2 rings (SSSR count). The van der Waals surface area contributed by atoms with Crippen LogP contribution in [0.15, 0.2) is 29.3 Å². The third-order valence-corrected chi connectivity index (χ3v) is 2.74. The molecule has 0 aliphatic heterocycles. The molecule has 0 fully saturated rings. The summed E-state index contributed by atoms with van der Waals surface area (Å²) in [4.78, 5) is 11.4. The summed E-state index contributed by atoms with van der Waals surface area (Å²) in [5.74, 6) is 0. The number of H-pyrrole nitrogens is 1. The number of anilines is 1. The quantitative estimate of drug-likeness (QED) is 0.840. The van der Waals surface area contributed by atoms with Crippen molar-refractivity contribution in [3.8, 4) is 0 Å². The summed E-state index contributed by atoms with van der Waals surface area (Å²) in [5, 5.41) is 10.1. The van der Waals surface area contributed by atoms with Gasteiger partial charge in [-0.05, 0) is 19.9 Å². The fourth-order valence-electron chi connectivity index (χ4n) is 1.63. The standard InChI is InChI=1S/C12H16N4O/c1-3-16-8-11(4-5-12(16)17)13-6-10-7-14-15-9(10)2/h4-5,7-8,13H,3,6H2,1-2H3,(H,14,15). The van der Waals surface area contributed by atoms with Crippen LogP contribution in [0.4, 0.5) is 5.69 Å². The number of aromatic nitrogens is 3. The Morgan fingerprint density at radius 2 is 2.29 bits per heavy atom. The second kappa shape index (κ2) is 4.86. The van der Waals surface area contributed by atoms with Crippen molar-refractivity contribution in [3.05, 3.63) is 46.1 Å². The van der Waals surface area contributed by atoms with Crippen LogP contribution >= 0.6 is 0 Å². The fraction of sp³-hybridized carbons (Fsp3) is 0.333. The lowest BCUT2D eigenvalue weighted by Gasteiger charge is -2.08. The Morgan fingerprint density at radius 3 is 2.94 bits per heavy atom. The summed E-state index contributed by atoms with van der Waals surface area (Å²) in [6.07, 6.45) is 3.63. The number of hydrogen-bond acceptors (Lipinski definition) is 3. The van der Waals surface area contributed by atoms with Crippen molar-refractivity contribution < 1.29 is 0 Å². The van der Waals surface area contributed by atoms with E-state index in [-0.39, 0.29) is 5.56 Å². The highest BCUT2D eigenvalue weighted by atomic mass is 16.1. The van der Waals surface area contributed by atoms with E-state index >= 15 is 0 Å². The van der Waals surface area contributed by atoms with Gasteiger partial charge in [0.2, 0.25) is 0 Å². The zero-order valence-corrected chi connectivity index (χ0v) is 10.0. The molecule has 0 saturated carbocycles. The summed E-state index contributed by atoms with van der Waals surface area (Å²) in [7, 11) is 0. The van der Waals surface area contributed by atoms with Gasteiger partial charge in [0, 0.05) is 36.6 Å². The zero-order chi connectivity index (χ0) is 12.3. The van der Waals surface area contributed by atoms with Gasteiger partial charge in [-0.1, -0.05) is 0 Å². The van der Waals surface area contributed by atoms with Crippen molar-refractivity contribution in [1.29, 1.82) is 0 Å². The summed E-state index contributed by atoms with van der Waals surface area (Å²) < 4.78 is 1.67. The number of aromatic amines is 1. The Kier molecular flexibility index (Phi) is 3.27. The maximum absolute atomic E-state index is 11.4. The van der Waals surface area contributed by atoms with Gasteiger partial charge in [-0.25, -0.2) is 0 Å². The molecule has 0 atom stereocenters. The molecule has 0 aliphatic rings. The number of pyridine rings is 1. The van der Waals surface area contributed by atoms with E-state index < -0.39 is 0 Å². The molecule has 90 valence electrons. The van der Waals surface area contributed by atoms with Crippen LogP contribution < -0.4 is 10.9 Å². The average molecular weight is 232 g/mol. The van der Waals surface area contributed by atoms with Crippen molar-refractivity contribution in [2.45, 2.75) is 26.9 Å². The van der Waals surface area contributed by atoms with Crippen molar-refractivity contribution in [3.63, 3.8) is 0 Å². The molecule has 5 nitrogen and oxygen atoms in total. The molecule has 2 heterocycles. The summed E-state index contributed by atoms with van der Waals surface area (Å²) in [6.45, 7) is 5.31. The topological polar surface area (TPSA) is 62.7 Å². The van der Waals surface area contributed by atoms with Crippen LogP contribution in [0.5, 0.6) is 0 Å². The van der Waals surface area contributed by atoms with E-state index in [0.29, 0.717) is 13.1 Å². The molecule has 0 radical (unpaired) electrons. The Morgan fingerprint density at radius 1 is 1.47 bits per heavy atom. The van der Waals surface area contributed by atoms with E-state index in [1.54, 1.807) is 22.9 Å². The lowest BCUT2D eigenvalue weighted by atomic mass is 10.2. The van der Waals surface area contributed by atoms with E-state index in [0.717, 1.165) is 16.9 Å². The molecular weight excluding hydrogens is 216 g/mol. The van der Waals surface area contributed by atoms with Gasteiger partial charge in [-0.3, -0.25) is 9.89 Å². The first kappa shape index (κ1) is 11.4. The van der Waals surface area contributed by atoms with E-state index in [9.17, 15) is 4.79 Å². The predicted molar refractivity (Wildman–Crippen MR) is 67.0 cm³/mol. The van der Waals surface area contributed by atoms with Crippen molar-refractivity contribution in [1.82, 2.24) is 14.8 Å². The SMILES string of the molecule is CCn1cc(NCc2cn[nH]c2C)ccc1=O. The lowest BCUT2D eigenvalue weighted by molar-refractivity contribution is 0.727. The van der Waals surface area contributed by atoms with Gasteiger partial charge < -0.3 is 9.88 Å². The first-order chi connectivity index (χ1) is 8.20. The monoisotopic (exact) mass is 232 g/mol. The molecule has 0 amide bonds. The van der Waals surface area contributed by atoms with Gasteiger partial charge in [-0.2, -0.15) is 5.10 Å². The largest absolute Gasteiger partial charge is 0.380 e. The Labute approximate surface area is 99.5 Å². The van der Waals surface area contributed by atoms with Gasteiger partial charge in [0.05, 0.1) is 11.9 Å². The molecule has 2 aromatic heterocycles. The third-order valence-electron chi connectivity index (χ3n) is 2.74. The minimum atomic E-state index is 0.0255. The molecule has 0 aliphatic carbocycles. The molecule has 2 aromatic rings. The third kappa shape index (κ3) is 2.55. The molecule has 17 heavy (non-hydrogen) atoms. The maximum Gasteiger partial charge on any atom is 0.250 e. The second-order valence-corrected chi connectivity index (χ2v) is 3.92. The number of nitrogens with zero attached hydrogens (tertiary/aromatic N) is 2. The van der Waals surface area contributed by atoms with E-state index in [2.05, 4.69) is 15.5 Å². The van der Waals surface area contributed by atoms with Crippen LogP contribution in [0.2, 0.25) is 0 Å². The Bertz CT molecular complexity index is 556. The number of nitrogens with one attached hydrogen (secondary N) is 2. The van der Waals surface area contributed by atoms with Crippen LogP contribution in [0, 0.1) is 6.92 Å². The molecule has 0 bridgehead atoms. The van der Waals surface area contributed by atoms with Gasteiger partial charge in [-0.15, -0.1) is 0 Å². The minimum absolute atomic E-state index is 0.0255. The molecular formula is C12H16N4O. The lowest BCUT2D eigenvalue weighted by Crippen LogP contribution is -2.17. The summed E-state index contributed by atoms with van der Waals surface area (Å²) in [6, 6.07) is 3.37. The highest BCUT2D eigenvalue weighted by Gasteiger charge is 2.01. The van der Waals surface area contributed by atoms with Crippen molar-refractivity contribution in [2.75, 3.05) is 5.32 Å². The van der Waals surface area contributed by atoms with E-state index in [1.807, 2.05) is 20.0 Å². The highest BCUT2D eigenvalue weighted by Crippen LogP contribution is 2.08. The average Bonchev–Trinajstić information content (AvgIpc) is 2.74. The van der Waals surface area contributed by atoms with E-state index in [1.165, 1.54) is 0 Å². The summed E-state index contributed by atoms with van der Waals surface area (Å²) in [5.41, 5.74) is 3.14. The van der Waals surface area contributed by atoms with Crippen LogP contribution in [0.1, 0.15) is 18.2 Å². The van der Waals surface area contributed by atoms with Crippen LogP contribution in [0.25, 0.3) is 0 Å². The zero-order valence-electron chi connectivity index (χ0n) is 10.0. The Hall–Kier alpha value is -2.04. The maximum atomic E-state index is 11.4. The van der Waals surface area contributed by atoms with Crippen LogP contribution in [-0.2, 0) is 13.1 Å². The van der Waals surface area contributed by atoms with Crippen LogP contribution in [0.3, 0.4) is 0 Å². The van der Waals surface area contributed by atoms with Crippen molar-refractivity contribution >= 4 is 5.69 Å². The first-order valence-electron chi connectivity index (χ1n) is 5.64.